The summed E-state index contributed by atoms with van der Waals surface area (Å²) in [6.07, 6.45) is 4.50. The van der Waals surface area contributed by atoms with E-state index in [1.165, 1.54) is 90.9 Å². The number of Topliss-reactive ketones (excluding diaryl/α,β-unsaturated/α-hetero) is 1. The lowest BCUT2D eigenvalue weighted by Crippen LogP contribution is -2.58. The minimum absolute atomic E-state index is 0.0259. The summed E-state index contributed by atoms with van der Waals surface area (Å²) >= 11 is 0. The average Bonchev–Trinajstić information content (AvgIpc) is 2.19. The van der Waals surface area contributed by atoms with Crippen LogP contribution >= 0.6 is 0 Å². The highest BCUT2D eigenvalue weighted by Gasteiger charge is 2.45. The maximum atomic E-state index is 15.3. The molecule has 22 heteroatoms. The van der Waals surface area contributed by atoms with Crippen LogP contribution in [0.25, 0.3) is 0 Å². The number of ether oxygens (including phenoxy) is 6. The van der Waals surface area contributed by atoms with Crippen molar-refractivity contribution in [3.63, 3.8) is 0 Å². The molecule has 90 heavy (non-hydrogen) atoms. The van der Waals surface area contributed by atoms with E-state index in [4.69, 9.17) is 28.4 Å². The summed E-state index contributed by atoms with van der Waals surface area (Å²) in [6.45, 7) is 7.46. The number of likely N-dealkylation sites (N-methyl/N-ethyl adjacent to an activating group) is 3. The quantitative estimate of drug-likeness (QED) is 0.127. The van der Waals surface area contributed by atoms with Gasteiger partial charge in [-0.05, 0) is 145 Å². The van der Waals surface area contributed by atoms with Crippen LogP contribution in [0.3, 0.4) is 0 Å². The lowest BCUT2D eigenvalue weighted by Gasteiger charge is -2.37. The average molecular weight is 1240 g/mol. The van der Waals surface area contributed by atoms with E-state index in [-0.39, 0.29) is 69.3 Å². The number of benzene rings is 4. The van der Waals surface area contributed by atoms with Gasteiger partial charge in [0.1, 0.15) is 54.4 Å². The molecule has 3 aliphatic heterocycles. The summed E-state index contributed by atoms with van der Waals surface area (Å²) in [4.78, 5) is 137. The summed E-state index contributed by atoms with van der Waals surface area (Å²) in [5, 5.41) is 13.1. The number of esters is 2. The van der Waals surface area contributed by atoms with Crippen LogP contribution in [0.2, 0.25) is 0 Å². The van der Waals surface area contributed by atoms with Crippen LogP contribution in [0.15, 0.2) is 109 Å². The fraction of sp³-hybridized carbons (Fsp3) is 0.485. The maximum Gasteiger partial charge on any atom is 0.330 e. The van der Waals surface area contributed by atoms with Crippen LogP contribution in [0.4, 0.5) is 0 Å². The van der Waals surface area contributed by atoms with E-state index in [1.54, 1.807) is 101 Å². The zero-order chi connectivity index (χ0) is 65.5. The number of piperidine rings is 1. The van der Waals surface area contributed by atoms with Crippen LogP contribution in [-0.2, 0) is 70.2 Å². The molecule has 4 aromatic rings. The standard InChI is InChI=1S/C68H86N6O16/c1-67(2,3)89-41-53-63(81)73-37-19-25-50(73)62(80)70(6)35-16-15-26-58(77)88-43-68(4,5)60(78)65(83)74-36-17-14-24-51(74)66(84)90-54(33-29-45-30-34-55(85-9)56(39-45)86-10)47-22-18-23-49(40-47)87-42-57(76)71(7)52(38-44-27-31-48(75)32-28-44)61(79)69-59(64(82)72(53)8)46-20-12-11-13-21-46/h11-13,15,18,20-23,26-28,30-32,34,39-40,50-54,59,75H,14,16-17,19,24-25,29,33,35-38,41-43H2,1-10H3,(H,69,79)/b26-15-/t50-,51-,52-,53-,54+,59?/m0/s1. The van der Waals surface area contributed by atoms with Crippen molar-refractivity contribution in [2.24, 2.45) is 5.41 Å². The lowest BCUT2D eigenvalue weighted by atomic mass is 9.87. The molecule has 3 aliphatic rings. The number of carbonyl (C=O) groups is 9. The normalized spacial score (nSPS) is 23.2. The van der Waals surface area contributed by atoms with Crippen molar-refractivity contribution in [1.82, 2.24) is 29.8 Å². The van der Waals surface area contributed by atoms with Gasteiger partial charge in [0, 0.05) is 53.3 Å². The number of nitrogens with zero attached hydrogens (tertiary/aromatic N) is 5. The fourth-order valence-electron chi connectivity index (χ4n) is 11.0. The van der Waals surface area contributed by atoms with E-state index in [2.05, 4.69) is 5.32 Å². The molecule has 484 valence electrons. The first-order valence-electron chi connectivity index (χ1n) is 30.5. The third-order valence-corrected chi connectivity index (χ3v) is 16.5. The Morgan fingerprint density at radius 1 is 0.678 bits per heavy atom. The van der Waals surface area contributed by atoms with Gasteiger partial charge in [-0.2, -0.15) is 0 Å². The predicted molar refractivity (Wildman–Crippen MR) is 332 cm³/mol. The van der Waals surface area contributed by atoms with E-state index < -0.39 is 108 Å². The molecule has 22 nitrogen and oxygen atoms in total. The van der Waals surface area contributed by atoms with Crippen molar-refractivity contribution < 1.29 is 76.7 Å². The summed E-state index contributed by atoms with van der Waals surface area (Å²) in [7, 11) is 7.49. The zero-order valence-corrected chi connectivity index (χ0v) is 53.3. The molecular formula is C68H86N6O16. The first kappa shape index (κ1) is 68.7. The number of aromatic hydroxyl groups is 1. The van der Waals surface area contributed by atoms with Gasteiger partial charge in [-0.15, -0.1) is 0 Å². The van der Waals surface area contributed by atoms with Crippen LogP contribution in [0.5, 0.6) is 23.0 Å². The topological polar surface area (TPSA) is 257 Å². The third-order valence-electron chi connectivity index (χ3n) is 16.5. The van der Waals surface area contributed by atoms with E-state index in [0.29, 0.717) is 60.3 Å². The molecule has 2 bridgehead atoms. The van der Waals surface area contributed by atoms with Crippen LogP contribution in [-0.4, -0.2) is 187 Å². The Morgan fingerprint density at radius 2 is 1.36 bits per heavy atom. The van der Waals surface area contributed by atoms with Crippen molar-refractivity contribution in [3.8, 4) is 23.0 Å². The Bertz CT molecular complexity index is 3240. The van der Waals surface area contributed by atoms with E-state index in [0.717, 1.165) is 5.56 Å². The van der Waals surface area contributed by atoms with Gasteiger partial charge < -0.3 is 63.3 Å². The number of aryl methyl sites for hydroxylation is 1. The second-order valence-electron chi connectivity index (χ2n) is 24.6. The van der Waals surface area contributed by atoms with Gasteiger partial charge in [0.2, 0.25) is 29.4 Å². The first-order valence-corrected chi connectivity index (χ1v) is 30.5. The summed E-state index contributed by atoms with van der Waals surface area (Å²) < 4.78 is 35.3. The number of fused-ring (bicyclic) bond motifs is 4. The van der Waals surface area contributed by atoms with Gasteiger partial charge in [-0.1, -0.05) is 66.7 Å². The van der Waals surface area contributed by atoms with Gasteiger partial charge in [-0.3, -0.25) is 33.6 Å². The monoisotopic (exact) mass is 1240 g/mol. The fourth-order valence-corrected chi connectivity index (χ4v) is 11.0. The molecule has 6 atom stereocenters. The first-order chi connectivity index (χ1) is 42.8. The van der Waals surface area contributed by atoms with Crippen molar-refractivity contribution >= 4 is 53.2 Å². The van der Waals surface area contributed by atoms with Crippen molar-refractivity contribution in [1.29, 1.82) is 0 Å². The van der Waals surface area contributed by atoms with Crippen LogP contribution < -0.4 is 19.5 Å². The highest BCUT2D eigenvalue weighted by Crippen LogP contribution is 2.34. The predicted octanol–water partition coefficient (Wildman–Crippen LogP) is 6.50. The molecule has 0 spiro atoms. The number of carbonyl (C=O) groups excluding carboxylic acids is 9. The Hall–Kier alpha value is -8.79. The van der Waals surface area contributed by atoms with Gasteiger partial charge >= 0.3 is 11.9 Å². The van der Waals surface area contributed by atoms with Gasteiger partial charge in [0.05, 0.1) is 31.8 Å². The zero-order valence-electron chi connectivity index (χ0n) is 53.3. The molecule has 7 rings (SSSR count). The second-order valence-corrected chi connectivity index (χ2v) is 24.6. The summed E-state index contributed by atoms with van der Waals surface area (Å²) in [5.74, 6) is -5.18. The van der Waals surface area contributed by atoms with Crippen molar-refractivity contribution in [2.45, 2.75) is 134 Å². The SMILES string of the molecule is COc1ccc(CC[C@H]2OC(=O)[C@@H]3CCCCN3C(=O)C(=O)C(C)(C)COC(=O)/C=C\CCN(C)C(=O)[C@@H]3CCCN3C(=O)[C@H](COC(C)(C)C)N(C)C(=O)C(c3ccccc3)NC(=O)[C@H](Cc3ccc(O)cc3)N(C)C(=O)COc3cccc2c3)cc1OC. The van der Waals surface area contributed by atoms with Crippen molar-refractivity contribution in [2.75, 3.05) is 74.8 Å². The largest absolute Gasteiger partial charge is 0.508 e. The molecular weight excluding hydrogens is 1160 g/mol. The van der Waals surface area contributed by atoms with E-state index in [9.17, 15) is 33.9 Å². The number of amides is 6. The molecule has 1 unspecified atom stereocenters. The number of methoxy groups -OCH3 is 2. The molecule has 2 fully saturated rings. The molecule has 0 saturated carbocycles. The summed E-state index contributed by atoms with van der Waals surface area (Å²) in [5.41, 5.74) is -0.0665. The number of phenolic OH excluding ortho intramolecular Hbond substituents is 1. The number of phenols is 1. The molecule has 0 aromatic heterocycles. The molecule has 0 radical (unpaired) electrons. The highest BCUT2D eigenvalue weighted by molar-refractivity contribution is 6.38. The smallest absolute Gasteiger partial charge is 0.330 e. The Kier molecular flexibility index (Phi) is 23.7. The lowest BCUT2D eigenvalue weighted by molar-refractivity contribution is -0.165. The second kappa shape index (κ2) is 31.1. The number of nitrogens with one attached hydrogen (secondary N) is 1. The van der Waals surface area contributed by atoms with Gasteiger partial charge in [-0.25, -0.2) is 9.59 Å². The number of cyclic esters (lactones) is 2. The maximum absolute atomic E-state index is 15.3. The number of ketones is 1. The highest BCUT2D eigenvalue weighted by atomic mass is 16.5. The number of rotatable bonds is 10. The minimum atomic E-state index is -1.51. The number of hydrogen-bond acceptors (Lipinski definition) is 16. The molecule has 4 aromatic carbocycles. The Morgan fingerprint density at radius 3 is 2.06 bits per heavy atom. The summed E-state index contributed by atoms with van der Waals surface area (Å²) in [6, 6.07) is 20.6. The Labute approximate surface area is 526 Å². The van der Waals surface area contributed by atoms with E-state index in [1.807, 2.05) is 12.1 Å². The molecule has 0 aliphatic carbocycles. The van der Waals surface area contributed by atoms with Gasteiger partial charge in [0.25, 0.3) is 11.8 Å². The third kappa shape index (κ3) is 18.0. The molecule has 2 saturated heterocycles. The van der Waals surface area contributed by atoms with Crippen LogP contribution in [0.1, 0.15) is 114 Å². The van der Waals surface area contributed by atoms with Crippen molar-refractivity contribution in [3.05, 3.63) is 131 Å². The molecule has 2 N–H and O–H groups in total. The van der Waals surface area contributed by atoms with E-state index >= 15 is 14.4 Å². The minimum Gasteiger partial charge on any atom is -0.508 e. The Balaban J connectivity index is 1.25. The van der Waals surface area contributed by atoms with Crippen LogP contribution in [0, 0.1) is 5.41 Å². The molecule has 6 amide bonds. The number of hydrogen-bond donors (Lipinski definition) is 2. The van der Waals surface area contributed by atoms with Gasteiger partial charge in [0.15, 0.2) is 18.1 Å². The molecule has 3 heterocycles.